The molecule has 94 valence electrons. The molecule has 0 radical (unpaired) electrons. The van der Waals surface area contributed by atoms with Crippen molar-refractivity contribution in [1.29, 1.82) is 0 Å². The van der Waals surface area contributed by atoms with Crippen LogP contribution in [0, 0.1) is 0 Å². The fourth-order valence-corrected chi connectivity index (χ4v) is 2.50. The summed E-state index contributed by atoms with van der Waals surface area (Å²) in [5.41, 5.74) is 5.92. The summed E-state index contributed by atoms with van der Waals surface area (Å²) in [7, 11) is -3.70. The third-order valence-corrected chi connectivity index (χ3v) is 3.79. The third kappa shape index (κ3) is 2.96. The Labute approximate surface area is 112 Å². The lowest BCUT2D eigenvalue weighted by atomic mass is 10.3. The van der Waals surface area contributed by atoms with Crippen LogP contribution in [-0.4, -0.2) is 18.4 Å². The van der Waals surface area contributed by atoms with E-state index in [1.807, 2.05) is 0 Å². The van der Waals surface area contributed by atoms with Crippen molar-refractivity contribution in [2.75, 3.05) is 10.5 Å². The minimum atomic E-state index is -3.70. The zero-order chi connectivity index (χ0) is 13.2. The van der Waals surface area contributed by atoms with E-state index in [0.29, 0.717) is 10.3 Å². The van der Waals surface area contributed by atoms with Crippen LogP contribution in [0.2, 0.25) is 0 Å². The Kier molecular flexibility index (Phi) is 3.48. The molecule has 8 heteroatoms. The summed E-state index contributed by atoms with van der Waals surface area (Å²) in [6.45, 7) is 0. The van der Waals surface area contributed by atoms with Gasteiger partial charge in [-0.05, 0) is 34.1 Å². The predicted octanol–water partition coefficient (Wildman–Crippen LogP) is 1.62. The van der Waals surface area contributed by atoms with E-state index in [4.69, 9.17) is 5.73 Å². The fraction of sp³-hybridized carbons (Fsp3) is 0. The highest BCUT2D eigenvalue weighted by Gasteiger charge is 2.14. The number of hydrogen-bond donors (Lipinski definition) is 2. The second kappa shape index (κ2) is 4.91. The summed E-state index contributed by atoms with van der Waals surface area (Å²) >= 11 is 3.11. The Morgan fingerprint density at radius 1 is 1.22 bits per heavy atom. The molecule has 0 aliphatic carbocycles. The van der Waals surface area contributed by atoms with Gasteiger partial charge in [-0.1, -0.05) is 6.07 Å². The molecule has 0 spiro atoms. The molecule has 18 heavy (non-hydrogen) atoms. The molecule has 0 amide bonds. The molecule has 0 atom stereocenters. The number of nitrogens with zero attached hydrogens (tertiary/aromatic N) is 2. The first kappa shape index (κ1) is 12.8. The van der Waals surface area contributed by atoms with Gasteiger partial charge < -0.3 is 5.73 Å². The molecule has 1 aromatic carbocycles. The monoisotopic (exact) mass is 328 g/mol. The van der Waals surface area contributed by atoms with Crippen LogP contribution < -0.4 is 10.5 Å². The number of nitrogens with one attached hydrogen (secondary N) is 1. The number of hydrogen-bond acceptors (Lipinski definition) is 5. The second-order valence-electron chi connectivity index (χ2n) is 3.40. The smallest absolute Gasteiger partial charge is 0.263 e. The van der Waals surface area contributed by atoms with E-state index in [1.165, 1.54) is 24.5 Å². The molecule has 2 aromatic rings. The summed E-state index contributed by atoms with van der Waals surface area (Å²) in [6.07, 6.45) is 2.71. The normalized spacial score (nSPS) is 11.2. The van der Waals surface area contributed by atoms with Crippen molar-refractivity contribution in [3.63, 3.8) is 0 Å². The van der Waals surface area contributed by atoms with Crippen molar-refractivity contribution in [2.24, 2.45) is 0 Å². The maximum Gasteiger partial charge on any atom is 0.263 e. The molecule has 6 nitrogen and oxygen atoms in total. The van der Waals surface area contributed by atoms with Crippen LogP contribution in [0.25, 0.3) is 0 Å². The topological polar surface area (TPSA) is 98.0 Å². The first-order chi connectivity index (χ1) is 8.47. The molecule has 3 N–H and O–H groups in total. The number of nitrogens with two attached hydrogens (primary N) is 1. The van der Waals surface area contributed by atoms with E-state index in [-0.39, 0.29) is 10.7 Å². The van der Waals surface area contributed by atoms with E-state index in [2.05, 4.69) is 30.6 Å². The molecule has 0 saturated heterocycles. The van der Waals surface area contributed by atoms with Crippen molar-refractivity contribution in [1.82, 2.24) is 9.97 Å². The molecule has 0 unspecified atom stereocenters. The van der Waals surface area contributed by atoms with E-state index >= 15 is 0 Å². The van der Waals surface area contributed by atoms with Crippen molar-refractivity contribution in [3.8, 4) is 0 Å². The van der Waals surface area contributed by atoms with Gasteiger partial charge in [-0.25, -0.2) is 18.4 Å². The number of anilines is 2. The Hall–Kier alpha value is -1.67. The zero-order valence-electron chi connectivity index (χ0n) is 9.04. The van der Waals surface area contributed by atoms with Crippen LogP contribution in [0.1, 0.15) is 0 Å². The molecule has 0 aliphatic heterocycles. The van der Waals surface area contributed by atoms with Gasteiger partial charge in [0.25, 0.3) is 10.0 Å². The quantitative estimate of drug-likeness (QED) is 0.834. The first-order valence-corrected chi connectivity index (χ1v) is 7.11. The average Bonchev–Trinajstić information content (AvgIpc) is 2.32. The van der Waals surface area contributed by atoms with E-state index in [9.17, 15) is 8.42 Å². The van der Waals surface area contributed by atoms with E-state index in [0.717, 1.165) is 0 Å². The van der Waals surface area contributed by atoms with Crippen LogP contribution in [0.4, 0.5) is 11.5 Å². The molecule has 2 rings (SSSR count). The van der Waals surface area contributed by atoms with Gasteiger partial charge in [0.15, 0.2) is 5.82 Å². The van der Waals surface area contributed by atoms with Gasteiger partial charge in [0.1, 0.15) is 4.60 Å². The summed E-state index contributed by atoms with van der Waals surface area (Å²) in [4.78, 5) is 7.83. The standard InChI is InChI=1S/C10H9BrN4O2S/c11-9-5-14-10(6-13-9)15-18(16,17)8-3-1-2-7(12)4-8/h1-6H,12H2,(H,14,15). The summed E-state index contributed by atoms with van der Waals surface area (Å²) < 4.78 is 26.8. The maximum atomic E-state index is 12.0. The number of nitrogen functional groups attached to an aromatic ring is 1. The van der Waals surface area contributed by atoms with Crippen molar-refractivity contribution in [2.45, 2.75) is 4.90 Å². The van der Waals surface area contributed by atoms with Crippen LogP contribution in [0.5, 0.6) is 0 Å². The third-order valence-electron chi connectivity index (χ3n) is 2.03. The Balaban J connectivity index is 2.30. The van der Waals surface area contributed by atoms with Gasteiger partial charge in [-0.2, -0.15) is 0 Å². The SMILES string of the molecule is Nc1cccc(S(=O)(=O)Nc2cnc(Br)cn2)c1. The summed E-state index contributed by atoms with van der Waals surface area (Å²) in [5.74, 6) is 0.139. The van der Waals surface area contributed by atoms with Gasteiger partial charge in [0, 0.05) is 5.69 Å². The molecular formula is C10H9BrN4O2S. The highest BCUT2D eigenvalue weighted by molar-refractivity contribution is 9.10. The van der Waals surface area contributed by atoms with Gasteiger partial charge >= 0.3 is 0 Å². The van der Waals surface area contributed by atoms with Crippen molar-refractivity contribution in [3.05, 3.63) is 41.3 Å². The van der Waals surface area contributed by atoms with Crippen LogP contribution >= 0.6 is 15.9 Å². The average molecular weight is 329 g/mol. The lowest BCUT2D eigenvalue weighted by Crippen LogP contribution is -2.14. The van der Waals surface area contributed by atoms with Gasteiger partial charge in [0.05, 0.1) is 17.3 Å². The van der Waals surface area contributed by atoms with E-state index in [1.54, 1.807) is 12.1 Å². The van der Waals surface area contributed by atoms with Crippen LogP contribution in [0.3, 0.4) is 0 Å². The number of rotatable bonds is 3. The Morgan fingerprint density at radius 2 is 2.00 bits per heavy atom. The van der Waals surface area contributed by atoms with Crippen LogP contribution in [0.15, 0.2) is 46.2 Å². The van der Waals surface area contributed by atoms with Crippen molar-refractivity contribution >= 4 is 37.5 Å². The molecule has 0 bridgehead atoms. The number of sulfonamides is 1. The molecule has 0 aliphatic rings. The van der Waals surface area contributed by atoms with Gasteiger partial charge in [0.2, 0.25) is 0 Å². The lowest BCUT2D eigenvalue weighted by Gasteiger charge is -2.07. The second-order valence-corrected chi connectivity index (χ2v) is 5.90. The summed E-state index contributed by atoms with van der Waals surface area (Å²) in [6, 6.07) is 6.00. The minimum absolute atomic E-state index is 0.0761. The molecular weight excluding hydrogens is 320 g/mol. The number of halogens is 1. The van der Waals surface area contributed by atoms with Gasteiger partial charge in [-0.15, -0.1) is 0 Å². The predicted molar refractivity (Wildman–Crippen MR) is 71.4 cm³/mol. The summed E-state index contributed by atoms with van der Waals surface area (Å²) in [5, 5.41) is 0. The highest BCUT2D eigenvalue weighted by atomic mass is 79.9. The fourth-order valence-electron chi connectivity index (χ4n) is 1.24. The van der Waals surface area contributed by atoms with Crippen LogP contribution in [-0.2, 0) is 10.0 Å². The first-order valence-electron chi connectivity index (χ1n) is 4.83. The van der Waals surface area contributed by atoms with Crippen molar-refractivity contribution < 1.29 is 8.42 Å². The molecule has 1 heterocycles. The molecule has 0 saturated carbocycles. The molecule has 1 aromatic heterocycles. The maximum absolute atomic E-state index is 12.0. The largest absolute Gasteiger partial charge is 0.399 e. The Morgan fingerprint density at radius 3 is 2.61 bits per heavy atom. The number of aromatic nitrogens is 2. The Bertz CT molecular complexity index is 658. The lowest BCUT2D eigenvalue weighted by molar-refractivity contribution is 0.601. The number of benzene rings is 1. The van der Waals surface area contributed by atoms with E-state index < -0.39 is 10.0 Å². The zero-order valence-corrected chi connectivity index (χ0v) is 11.4. The highest BCUT2D eigenvalue weighted by Crippen LogP contribution is 2.16. The minimum Gasteiger partial charge on any atom is -0.399 e. The van der Waals surface area contributed by atoms with Gasteiger partial charge in [-0.3, -0.25) is 4.72 Å². The molecule has 0 fully saturated rings.